The minimum Gasteiger partial charge on any atom is -0.316 e. The number of thiocarbonyl (C=S) groups is 1. The molecule has 0 bridgehead atoms. The lowest BCUT2D eigenvalue weighted by atomic mass is 10.1. The summed E-state index contributed by atoms with van der Waals surface area (Å²) >= 11 is 5.91. The van der Waals surface area contributed by atoms with Gasteiger partial charge in [0.25, 0.3) is 0 Å². The Bertz CT molecular complexity index is 1130. The SMILES string of the molecule is Cc1ccc(C(=NCc2ccccc2)NC(=S)N(c2ccccc2)c2ccccc2)cc1. The van der Waals surface area contributed by atoms with E-state index in [2.05, 4.69) is 48.6 Å². The zero-order valence-electron chi connectivity index (χ0n) is 18.0. The number of hydrogen-bond donors (Lipinski definition) is 1. The number of aryl methyl sites for hydroxylation is 1. The molecular weight excluding hydrogens is 410 g/mol. The van der Waals surface area contributed by atoms with Crippen molar-refractivity contribution in [2.75, 3.05) is 4.90 Å². The highest BCUT2D eigenvalue weighted by Gasteiger charge is 2.16. The van der Waals surface area contributed by atoms with E-state index in [-0.39, 0.29) is 0 Å². The maximum atomic E-state index is 5.91. The molecule has 32 heavy (non-hydrogen) atoms. The monoisotopic (exact) mass is 435 g/mol. The zero-order chi connectivity index (χ0) is 22.2. The topological polar surface area (TPSA) is 27.6 Å². The van der Waals surface area contributed by atoms with E-state index in [1.807, 2.05) is 83.8 Å². The van der Waals surface area contributed by atoms with E-state index in [0.29, 0.717) is 11.7 Å². The second-order valence-electron chi connectivity index (χ2n) is 7.45. The number of hydrogen-bond acceptors (Lipinski definition) is 2. The van der Waals surface area contributed by atoms with Crippen molar-refractivity contribution in [2.45, 2.75) is 13.5 Å². The first-order valence-electron chi connectivity index (χ1n) is 10.6. The largest absolute Gasteiger partial charge is 0.316 e. The van der Waals surface area contributed by atoms with E-state index < -0.39 is 0 Å². The number of rotatable bonds is 5. The van der Waals surface area contributed by atoms with Gasteiger partial charge < -0.3 is 5.32 Å². The minimum absolute atomic E-state index is 0.565. The predicted molar refractivity (Wildman–Crippen MR) is 139 cm³/mol. The van der Waals surface area contributed by atoms with Crippen molar-refractivity contribution in [3.05, 3.63) is 132 Å². The molecule has 4 rings (SSSR count). The van der Waals surface area contributed by atoms with E-state index >= 15 is 0 Å². The Morgan fingerprint density at radius 3 is 1.75 bits per heavy atom. The van der Waals surface area contributed by atoms with Crippen molar-refractivity contribution in [2.24, 2.45) is 4.99 Å². The van der Waals surface area contributed by atoms with Gasteiger partial charge in [0.2, 0.25) is 0 Å². The second kappa shape index (κ2) is 10.5. The van der Waals surface area contributed by atoms with Crippen LogP contribution < -0.4 is 10.2 Å². The molecule has 0 saturated carbocycles. The maximum absolute atomic E-state index is 5.91. The minimum atomic E-state index is 0.565. The summed E-state index contributed by atoms with van der Waals surface area (Å²) in [5.41, 5.74) is 5.32. The first-order valence-corrected chi connectivity index (χ1v) is 11.0. The van der Waals surface area contributed by atoms with Gasteiger partial charge in [-0.3, -0.25) is 9.89 Å². The van der Waals surface area contributed by atoms with Crippen LogP contribution in [0.4, 0.5) is 11.4 Å². The number of benzene rings is 4. The van der Waals surface area contributed by atoms with Crippen LogP contribution >= 0.6 is 12.2 Å². The highest BCUT2D eigenvalue weighted by molar-refractivity contribution is 7.80. The Morgan fingerprint density at radius 1 is 0.719 bits per heavy atom. The quantitative estimate of drug-likeness (QED) is 0.216. The lowest BCUT2D eigenvalue weighted by molar-refractivity contribution is 1.05. The summed E-state index contributed by atoms with van der Waals surface area (Å²) in [6, 6.07) is 38.8. The van der Waals surface area contributed by atoms with Crippen molar-refractivity contribution in [1.29, 1.82) is 0 Å². The van der Waals surface area contributed by atoms with Crippen molar-refractivity contribution < 1.29 is 0 Å². The van der Waals surface area contributed by atoms with Crippen LogP contribution in [0.5, 0.6) is 0 Å². The molecule has 1 N–H and O–H groups in total. The molecule has 0 aliphatic rings. The van der Waals surface area contributed by atoms with Gasteiger partial charge in [0, 0.05) is 16.9 Å². The molecule has 4 heteroatoms. The smallest absolute Gasteiger partial charge is 0.183 e. The number of amidine groups is 1. The van der Waals surface area contributed by atoms with Crippen LogP contribution in [-0.4, -0.2) is 10.9 Å². The fourth-order valence-corrected chi connectivity index (χ4v) is 3.67. The summed E-state index contributed by atoms with van der Waals surface area (Å²) in [5.74, 6) is 0.746. The number of anilines is 2. The van der Waals surface area contributed by atoms with Crippen molar-refractivity contribution in [3.8, 4) is 0 Å². The molecule has 0 aromatic heterocycles. The van der Waals surface area contributed by atoms with Gasteiger partial charge in [-0.15, -0.1) is 0 Å². The molecule has 0 radical (unpaired) electrons. The summed E-state index contributed by atoms with van der Waals surface area (Å²) in [5, 5.41) is 3.99. The molecule has 0 aliphatic carbocycles. The van der Waals surface area contributed by atoms with Crippen LogP contribution in [0.25, 0.3) is 0 Å². The lowest BCUT2D eigenvalue weighted by Crippen LogP contribution is -2.40. The van der Waals surface area contributed by atoms with Crippen molar-refractivity contribution in [3.63, 3.8) is 0 Å². The molecule has 4 aromatic rings. The fourth-order valence-electron chi connectivity index (χ4n) is 3.36. The molecule has 0 heterocycles. The average molecular weight is 436 g/mol. The van der Waals surface area contributed by atoms with Gasteiger partial charge >= 0.3 is 0 Å². The number of para-hydroxylation sites is 2. The van der Waals surface area contributed by atoms with E-state index in [0.717, 1.165) is 28.3 Å². The standard InChI is InChI=1S/C28H25N3S/c1-22-17-19-24(20-18-22)27(29-21-23-11-5-2-6-12-23)30-28(32)31(25-13-7-3-8-14-25)26-15-9-4-10-16-26/h2-20H,21H2,1H3,(H,29,30,32). The molecule has 0 aliphatic heterocycles. The number of aliphatic imine (C=N–C) groups is 1. The first-order chi connectivity index (χ1) is 15.7. The maximum Gasteiger partial charge on any atom is 0.183 e. The summed E-state index contributed by atoms with van der Waals surface area (Å²) in [7, 11) is 0. The lowest BCUT2D eigenvalue weighted by Gasteiger charge is -2.26. The molecule has 0 atom stereocenters. The normalized spacial score (nSPS) is 11.1. The van der Waals surface area contributed by atoms with Gasteiger partial charge in [0.05, 0.1) is 6.54 Å². The predicted octanol–water partition coefficient (Wildman–Crippen LogP) is 6.65. The first kappa shape index (κ1) is 21.5. The van der Waals surface area contributed by atoms with Crippen LogP contribution in [-0.2, 0) is 6.54 Å². The van der Waals surface area contributed by atoms with Crippen molar-refractivity contribution >= 4 is 34.5 Å². The Labute approximate surface area is 195 Å². The zero-order valence-corrected chi connectivity index (χ0v) is 18.8. The third-order valence-electron chi connectivity index (χ3n) is 5.04. The van der Waals surface area contributed by atoms with E-state index in [1.165, 1.54) is 5.56 Å². The van der Waals surface area contributed by atoms with E-state index in [4.69, 9.17) is 17.2 Å². The summed E-state index contributed by atoms with van der Waals surface area (Å²) in [6.07, 6.45) is 0. The summed E-state index contributed by atoms with van der Waals surface area (Å²) in [4.78, 5) is 6.92. The van der Waals surface area contributed by atoms with Gasteiger partial charge in [-0.25, -0.2) is 0 Å². The van der Waals surface area contributed by atoms with Crippen LogP contribution in [0.1, 0.15) is 16.7 Å². The van der Waals surface area contributed by atoms with Gasteiger partial charge in [-0.2, -0.15) is 0 Å². The molecule has 0 amide bonds. The third-order valence-corrected chi connectivity index (χ3v) is 5.33. The molecule has 0 fully saturated rings. The highest BCUT2D eigenvalue weighted by Crippen LogP contribution is 2.25. The summed E-state index contributed by atoms with van der Waals surface area (Å²) < 4.78 is 0. The Morgan fingerprint density at radius 2 is 1.22 bits per heavy atom. The highest BCUT2D eigenvalue weighted by atomic mass is 32.1. The number of nitrogens with zero attached hydrogens (tertiary/aromatic N) is 2. The average Bonchev–Trinajstić information content (AvgIpc) is 2.84. The van der Waals surface area contributed by atoms with Crippen LogP contribution in [0.2, 0.25) is 0 Å². The molecular formula is C28H25N3S. The summed E-state index contributed by atoms with van der Waals surface area (Å²) in [6.45, 7) is 2.64. The van der Waals surface area contributed by atoms with Gasteiger partial charge in [-0.1, -0.05) is 96.6 Å². The molecule has 0 saturated heterocycles. The molecule has 4 aromatic carbocycles. The third kappa shape index (κ3) is 5.48. The Hall–Kier alpha value is -3.76. The molecule has 3 nitrogen and oxygen atoms in total. The van der Waals surface area contributed by atoms with Crippen LogP contribution in [0.15, 0.2) is 120 Å². The Kier molecular flexibility index (Phi) is 7.05. The Balaban J connectivity index is 1.67. The van der Waals surface area contributed by atoms with Crippen LogP contribution in [0, 0.1) is 6.92 Å². The second-order valence-corrected chi connectivity index (χ2v) is 7.84. The fraction of sp³-hybridized carbons (Fsp3) is 0.0714. The van der Waals surface area contributed by atoms with E-state index in [9.17, 15) is 0 Å². The number of nitrogens with one attached hydrogen (secondary N) is 1. The van der Waals surface area contributed by atoms with Gasteiger partial charge in [-0.05, 0) is 49.0 Å². The van der Waals surface area contributed by atoms with Crippen LogP contribution in [0.3, 0.4) is 0 Å². The molecule has 158 valence electrons. The van der Waals surface area contributed by atoms with Gasteiger partial charge in [0.1, 0.15) is 5.84 Å². The van der Waals surface area contributed by atoms with Gasteiger partial charge in [0.15, 0.2) is 5.11 Å². The van der Waals surface area contributed by atoms with Crippen molar-refractivity contribution in [1.82, 2.24) is 5.32 Å². The van der Waals surface area contributed by atoms with E-state index in [1.54, 1.807) is 0 Å². The molecule has 0 unspecified atom stereocenters. The molecule has 0 spiro atoms.